The molecule has 1 fully saturated rings. The molecule has 2 N–H and O–H groups in total. The van der Waals surface area contributed by atoms with Crippen LogP contribution in [-0.2, 0) is 0 Å². The fourth-order valence-corrected chi connectivity index (χ4v) is 3.52. The zero-order valence-corrected chi connectivity index (χ0v) is 18.1. The van der Waals surface area contributed by atoms with Gasteiger partial charge in [0, 0.05) is 29.7 Å². The summed E-state index contributed by atoms with van der Waals surface area (Å²) in [5, 5.41) is 6.37. The third-order valence-electron chi connectivity index (χ3n) is 5.14. The summed E-state index contributed by atoms with van der Waals surface area (Å²) < 4.78 is 19.6. The lowest BCUT2D eigenvalue weighted by Crippen LogP contribution is -2.25. The number of nitrogens with one attached hydrogen (secondary N) is 2. The summed E-state index contributed by atoms with van der Waals surface area (Å²) >= 11 is 5.75. The quantitative estimate of drug-likeness (QED) is 0.478. The average Bonchev–Trinajstić information content (AvgIpc) is 3.28. The maximum atomic E-state index is 13.7. The summed E-state index contributed by atoms with van der Waals surface area (Å²) in [6.45, 7) is 5.88. The second kappa shape index (κ2) is 9.94. The number of likely N-dealkylation sites (tertiary alicyclic amines) is 1. The molecular formula is C23H25ClFN5O. The van der Waals surface area contributed by atoms with Gasteiger partial charge in [-0.05, 0) is 75.3 Å². The van der Waals surface area contributed by atoms with Gasteiger partial charge >= 0.3 is 0 Å². The Kier molecular flexibility index (Phi) is 6.84. The Morgan fingerprint density at radius 3 is 2.55 bits per heavy atom. The van der Waals surface area contributed by atoms with Crippen molar-refractivity contribution in [3.8, 4) is 5.75 Å². The van der Waals surface area contributed by atoms with Crippen molar-refractivity contribution >= 4 is 34.7 Å². The Hall–Kier alpha value is -2.90. The number of hydrogen-bond donors (Lipinski definition) is 2. The van der Waals surface area contributed by atoms with E-state index in [0.717, 1.165) is 23.5 Å². The van der Waals surface area contributed by atoms with Gasteiger partial charge in [0.15, 0.2) is 0 Å². The van der Waals surface area contributed by atoms with Gasteiger partial charge in [0.2, 0.25) is 5.95 Å². The van der Waals surface area contributed by atoms with Gasteiger partial charge in [-0.3, -0.25) is 4.90 Å². The molecule has 0 unspecified atom stereocenters. The second-order valence-corrected chi connectivity index (χ2v) is 7.93. The van der Waals surface area contributed by atoms with Gasteiger partial charge in [-0.1, -0.05) is 11.6 Å². The van der Waals surface area contributed by atoms with Crippen LogP contribution < -0.4 is 15.4 Å². The van der Waals surface area contributed by atoms with Crippen molar-refractivity contribution in [2.75, 3.05) is 36.9 Å². The maximum Gasteiger partial charge on any atom is 0.229 e. The molecule has 0 bridgehead atoms. The Bertz CT molecular complexity index is 1020. The van der Waals surface area contributed by atoms with Gasteiger partial charge in [0.1, 0.15) is 24.0 Å². The van der Waals surface area contributed by atoms with E-state index in [1.807, 2.05) is 31.2 Å². The monoisotopic (exact) mass is 441 g/mol. The lowest BCUT2D eigenvalue weighted by molar-refractivity contribution is 0.238. The van der Waals surface area contributed by atoms with Crippen molar-refractivity contribution in [2.24, 2.45) is 0 Å². The molecular weight excluding hydrogens is 417 g/mol. The summed E-state index contributed by atoms with van der Waals surface area (Å²) in [6, 6.07) is 12.2. The minimum atomic E-state index is -0.487. The molecule has 31 heavy (non-hydrogen) atoms. The van der Waals surface area contributed by atoms with Crippen LogP contribution >= 0.6 is 11.6 Å². The first-order valence-electron chi connectivity index (χ1n) is 10.3. The number of benzene rings is 2. The number of rotatable bonds is 8. The van der Waals surface area contributed by atoms with Gasteiger partial charge in [0.25, 0.3) is 0 Å². The molecule has 2 aromatic carbocycles. The predicted octanol–water partition coefficient (Wildman–Crippen LogP) is 5.54. The zero-order chi connectivity index (χ0) is 21.6. The van der Waals surface area contributed by atoms with Crippen LogP contribution in [0.4, 0.5) is 27.5 Å². The van der Waals surface area contributed by atoms with Crippen molar-refractivity contribution < 1.29 is 9.13 Å². The van der Waals surface area contributed by atoms with Crippen molar-refractivity contribution in [3.05, 3.63) is 65.1 Å². The van der Waals surface area contributed by atoms with Gasteiger partial charge in [-0.15, -0.1) is 0 Å². The number of nitrogens with zero attached hydrogens (tertiary/aromatic N) is 3. The second-order valence-electron chi connectivity index (χ2n) is 7.53. The molecule has 0 radical (unpaired) electrons. The minimum absolute atomic E-state index is 0.0794. The van der Waals surface area contributed by atoms with E-state index in [0.29, 0.717) is 24.1 Å². The Labute approximate surface area is 186 Å². The van der Waals surface area contributed by atoms with E-state index in [9.17, 15) is 4.39 Å². The number of aryl methyl sites for hydroxylation is 1. The van der Waals surface area contributed by atoms with Crippen LogP contribution in [0.2, 0.25) is 5.02 Å². The van der Waals surface area contributed by atoms with E-state index in [-0.39, 0.29) is 5.02 Å². The van der Waals surface area contributed by atoms with Crippen molar-refractivity contribution in [2.45, 2.75) is 19.8 Å². The van der Waals surface area contributed by atoms with Crippen molar-refractivity contribution in [1.82, 2.24) is 14.9 Å². The third-order valence-corrected chi connectivity index (χ3v) is 5.45. The Balaban J connectivity index is 1.36. The van der Waals surface area contributed by atoms with E-state index < -0.39 is 5.82 Å². The highest BCUT2D eigenvalue weighted by atomic mass is 35.5. The number of aromatic nitrogens is 2. The van der Waals surface area contributed by atoms with E-state index in [1.165, 1.54) is 38.1 Å². The van der Waals surface area contributed by atoms with Crippen LogP contribution in [0, 0.1) is 12.7 Å². The maximum absolute atomic E-state index is 13.7. The molecule has 0 amide bonds. The highest BCUT2D eigenvalue weighted by molar-refractivity contribution is 6.30. The van der Waals surface area contributed by atoms with Gasteiger partial charge in [-0.25, -0.2) is 9.37 Å². The van der Waals surface area contributed by atoms with Crippen LogP contribution in [-0.4, -0.2) is 41.1 Å². The van der Waals surface area contributed by atoms with Gasteiger partial charge < -0.3 is 15.4 Å². The normalized spacial score (nSPS) is 13.9. The van der Waals surface area contributed by atoms with Crippen LogP contribution in [0.3, 0.4) is 0 Å². The SMILES string of the molecule is Cc1cnc(Nc2ccc(OCCN3CCCC3)cc2)nc1Nc1ccc(Cl)c(F)c1. The fraction of sp³-hybridized carbons (Fsp3) is 0.304. The minimum Gasteiger partial charge on any atom is -0.492 e. The molecule has 162 valence electrons. The van der Waals surface area contributed by atoms with E-state index in [2.05, 4.69) is 25.5 Å². The highest BCUT2D eigenvalue weighted by Crippen LogP contribution is 2.24. The molecule has 1 aliphatic heterocycles. The molecule has 0 atom stereocenters. The van der Waals surface area contributed by atoms with Crippen LogP contribution in [0.25, 0.3) is 0 Å². The van der Waals surface area contributed by atoms with E-state index >= 15 is 0 Å². The van der Waals surface area contributed by atoms with E-state index in [1.54, 1.807) is 12.3 Å². The lowest BCUT2D eigenvalue weighted by atomic mass is 10.3. The summed E-state index contributed by atoms with van der Waals surface area (Å²) in [7, 11) is 0. The third kappa shape index (κ3) is 5.83. The Morgan fingerprint density at radius 2 is 1.81 bits per heavy atom. The molecule has 1 saturated heterocycles. The van der Waals surface area contributed by atoms with Crippen molar-refractivity contribution in [3.63, 3.8) is 0 Å². The van der Waals surface area contributed by atoms with Gasteiger partial charge in [-0.2, -0.15) is 4.98 Å². The molecule has 1 aromatic heterocycles. The molecule has 3 aromatic rings. The van der Waals surface area contributed by atoms with Crippen LogP contribution in [0.1, 0.15) is 18.4 Å². The first-order valence-corrected chi connectivity index (χ1v) is 10.7. The molecule has 2 heterocycles. The summed E-state index contributed by atoms with van der Waals surface area (Å²) in [4.78, 5) is 11.3. The topological polar surface area (TPSA) is 62.3 Å². The highest BCUT2D eigenvalue weighted by Gasteiger charge is 2.11. The first kappa shape index (κ1) is 21.3. The average molecular weight is 442 g/mol. The summed E-state index contributed by atoms with van der Waals surface area (Å²) in [5.74, 6) is 1.37. The largest absolute Gasteiger partial charge is 0.492 e. The number of anilines is 4. The first-order chi connectivity index (χ1) is 15.1. The molecule has 8 heteroatoms. The smallest absolute Gasteiger partial charge is 0.229 e. The molecule has 1 aliphatic rings. The predicted molar refractivity (Wildman–Crippen MR) is 122 cm³/mol. The Morgan fingerprint density at radius 1 is 1.06 bits per heavy atom. The fourth-order valence-electron chi connectivity index (χ4n) is 3.40. The van der Waals surface area contributed by atoms with Crippen molar-refractivity contribution in [1.29, 1.82) is 0 Å². The lowest BCUT2D eigenvalue weighted by Gasteiger charge is -2.15. The molecule has 6 nitrogen and oxygen atoms in total. The van der Waals surface area contributed by atoms with Crippen LogP contribution in [0.5, 0.6) is 5.75 Å². The number of hydrogen-bond acceptors (Lipinski definition) is 6. The summed E-state index contributed by atoms with van der Waals surface area (Å²) in [5.41, 5.74) is 2.24. The van der Waals surface area contributed by atoms with Gasteiger partial charge in [0.05, 0.1) is 5.02 Å². The number of ether oxygens (including phenoxy) is 1. The van der Waals surface area contributed by atoms with Crippen LogP contribution in [0.15, 0.2) is 48.7 Å². The standard InChI is InChI=1S/C23H25ClFN5O/c1-16-15-26-23(29-22(16)27-18-6-9-20(24)21(25)14-18)28-17-4-7-19(8-5-17)31-13-12-30-10-2-3-11-30/h4-9,14-15H,2-3,10-13H2,1H3,(H2,26,27,28,29). The number of halogens is 2. The molecule has 0 aliphatic carbocycles. The molecule has 0 saturated carbocycles. The summed E-state index contributed by atoms with van der Waals surface area (Å²) in [6.07, 6.45) is 4.28. The molecule has 4 rings (SSSR count). The van der Waals surface area contributed by atoms with E-state index in [4.69, 9.17) is 16.3 Å². The molecule has 0 spiro atoms. The zero-order valence-electron chi connectivity index (χ0n) is 17.4.